The van der Waals surface area contributed by atoms with Gasteiger partial charge < -0.3 is 4.74 Å². The van der Waals surface area contributed by atoms with Gasteiger partial charge in [0.1, 0.15) is 0 Å². The molecule has 0 N–H and O–H groups in total. The Bertz CT molecular complexity index is 438. The molecular weight excluding hydrogens is 560 g/mol. The Morgan fingerprint density at radius 1 is 0.400 bits per heavy atom. The molecule has 1 nitrogen and oxygen atoms in total. The van der Waals surface area contributed by atoms with Gasteiger partial charge in [-0.15, -0.1) is 0 Å². The molecule has 0 aromatic heterocycles. The summed E-state index contributed by atoms with van der Waals surface area (Å²) in [5.74, 6) is 4.99. The maximum Gasteiger partial charge on any atom is 0.0550 e. The second-order valence-corrected chi connectivity index (χ2v) is 16.4. The third-order valence-electron chi connectivity index (χ3n) is 7.75. The van der Waals surface area contributed by atoms with Crippen LogP contribution in [0.1, 0.15) is 146 Å². The van der Waals surface area contributed by atoms with Crippen molar-refractivity contribution in [3.8, 4) is 0 Å². The molecule has 0 heterocycles. The third-order valence-corrected chi connectivity index (χ3v) is 8.50. The van der Waals surface area contributed by atoms with Crippen LogP contribution in [0.25, 0.3) is 0 Å². The maximum absolute atomic E-state index is 6.35. The molecule has 0 rings (SSSR count). The molecular formula is C32H64Br2O. The SMILES string of the molecule is CC(Br)CC(C)CC(C)CC(C)CCCC(C)OC(C)CCCC(C)CC(C)CC(C)CC(C)Br. The highest BCUT2D eigenvalue weighted by Crippen LogP contribution is 2.28. The smallest absolute Gasteiger partial charge is 0.0550 e. The molecule has 0 aromatic rings. The lowest BCUT2D eigenvalue weighted by molar-refractivity contribution is -0.00320. The van der Waals surface area contributed by atoms with Gasteiger partial charge in [0.15, 0.2) is 0 Å². The van der Waals surface area contributed by atoms with Crippen LogP contribution in [0.15, 0.2) is 0 Å². The van der Waals surface area contributed by atoms with Crippen molar-refractivity contribution in [1.82, 2.24) is 0 Å². The largest absolute Gasteiger partial charge is 0.376 e. The van der Waals surface area contributed by atoms with Gasteiger partial charge in [-0.3, -0.25) is 0 Å². The number of halogens is 2. The highest BCUT2D eigenvalue weighted by molar-refractivity contribution is 9.09. The van der Waals surface area contributed by atoms with Crippen LogP contribution in [0, 0.1) is 35.5 Å². The number of hydrogen-bond acceptors (Lipinski definition) is 1. The fourth-order valence-electron chi connectivity index (χ4n) is 6.52. The Morgan fingerprint density at radius 2 is 0.686 bits per heavy atom. The first-order chi connectivity index (χ1) is 16.3. The first-order valence-electron chi connectivity index (χ1n) is 15.2. The Hall–Kier alpha value is 0.920. The van der Waals surface area contributed by atoms with Crippen molar-refractivity contribution in [3.05, 3.63) is 0 Å². The van der Waals surface area contributed by atoms with E-state index in [-0.39, 0.29) is 0 Å². The monoisotopic (exact) mass is 622 g/mol. The number of ether oxygens (including phenoxy) is 1. The molecule has 0 saturated heterocycles. The summed E-state index contributed by atoms with van der Waals surface area (Å²) < 4.78 is 6.35. The van der Waals surface area contributed by atoms with Crippen molar-refractivity contribution >= 4 is 31.9 Å². The van der Waals surface area contributed by atoms with Crippen molar-refractivity contribution in [3.63, 3.8) is 0 Å². The van der Waals surface area contributed by atoms with Crippen LogP contribution in [0.2, 0.25) is 0 Å². The number of hydrogen-bond donors (Lipinski definition) is 0. The molecule has 0 radical (unpaired) electrons. The quantitative estimate of drug-likeness (QED) is 0.109. The van der Waals surface area contributed by atoms with E-state index in [1.54, 1.807) is 0 Å². The summed E-state index contributed by atoms with van der Waals surface area (Å²) in [5.41, 5.74) is 0. The summed E-state index contributed by atoms with van der Waals surface area (Å²) in [4.78, 5) is 1.29. The van der Waals surface area contributed by atoms with Gasteiger partial charge in [0, 0.05) is 9.65 Å². The van der Waals surface area contributed by atoms with Crippen LogP contribution in [0.4, 0.5) is 0 Å². The molecule has 0 aromatic carbocycles. The van der Waals surface area contributed by atoms with Gasteiger partial charge >= 0.3 is 0 Å². The normalized spacial score (nSPS) is 20.9. The second-order valence-electron chi connectivity index (χ2n) is 13.2. The highest BCUT2D eigenvalue weighted by atomic mass is 79.9. The summed E-state index contributed by atoms with van der Waals surface area (Å²) in [6, 6.07) is 0. The Kier molecular flexibility index (Phi) is 21.4. The lowest BCUT2D eigenvalue weighted by Crippen LogP contribution is -2.18. The zero-order valence-electron chi connectivity index (χ0n) is 25.4. The molecule has 0 aliphatic rings. The number of alkyl halides is 2. The molecule has 0 bridgehead atoms. The lowest BCUT2D eigenvalue weighted by atomic mass is 9.86. The molecule has 0 saturated carbocycles. The minimum atomic E-state index is 0.394. The average Bonchev–Trinajstić information content (AvgIpc) is 2.65. The van der Waals surface area contributed by atoms with E-state index >= 15 is 0 Å². The van der Waals surface area contributed by atoms with E-state index in [1.807, 2.05) is 0 Å². The summed E-state index contributed by atoms with van der Waals surface area (Å²) in [6.07, 6.45) is 16.6. The Labute approximate surface area is 239 Å². The molecule has 0 spiro atoms. The summed E-state index contributed by atoms with van der Waals surface area (Å²) >= 11 is 7.42. The van der Waals surface area contributed by atoms with Crippen molar-refractivity contribution in [2.24, 2.45) is 35.5 Å². The lowest BCUT2D eigenvalue weighted by Gasteiger charge is -2.23. The summed E-state index contributed by atoms with van der Waals surface area (Å²) in [6.45, 7) is 23.7. The van der Waals surface area contributed by atoms with Crippen LogP contribution in [-0.4, -0.2) is 21.9 Å². The minimum Gasteiger partial charge on any atom is -0.376 e. The van der Waals surface area contributed by atoms with Gasteiger partial charge in [0.2, 0.25) is 0 Å². The molecule has 10 atom stereocenters. The maximum atomic E-state index is 6.35. The fourth-order valence-corrected chi connectivity index (χ4v) is 7.79. The van der Waals surface area contributed by atoms with Gasteiger partial charge in [-0.2, -0.15) is 0 Å². The number of rotatable bonds is 22. The van der Waals surface area contributed by atoms with Gasteiger partial charge in [-0.1, -0.05) is 113 Å². The third kappa shape index (κ3) is 22.6. The molecule has 35 heavy (non-hydrogen) atoms. The van der Waals surface area contributed by atoms with E-state index in [4.69, 9.17) is 4.74 Å². The van der Waals surface area contributed by atoms with Crippen LogP contribution in [-0.2, 0) is 4.74 Å². The van der Waals surface area contributed by atoms with Crippen LogP contribution >= 0.6 is 31.9 Å². The van der Waals surface area contributed by atoms with E-state index in [2.05, 4.69) is 101 Å². The molecule has 3 heteroatoms. The van der Waals surface area contributed by atoms with E-state index in [9.17, 15) is 0 Å². The Morgan fingerprint density at radius 3 is 1.00 bits per heavy atom. The molecule has 212 valence electrons. The van der Waals surface area contributed by atoms with E-state index in [0.29, 0.717) is 21.9 Å². The van der Waals surface area contributed by atoms with Crippen LogP contribution in [0.5, 0.6) is 0 Å². The van der Waals surface area contributed by atoms with Crippen LogP contribution in [0.3, 0.4) is 0 Å². The average molecular weight is 625 g/mol. The summed E-state index contributed by atoms with van der Waals surface area (Å²) in [7, 11) is 0. The van der Waals surface area contributed by atoms with E-state index in [1.165, 1.54) is 77.0 Å². The topological polar surface area (TPSA) is 9.23 Å². The predicted molar refractivity (Wildman–Crippen MR) is 167 cm³/mol. The minimum absolute atomic E-state index is 0.394. The van der Waals surface area contributed by atoms with Crippen LogP contribution < -0.4 is 0 Å². The highest BCUT2D eigenvalue weighted by Gasteiger charge is 2.16. The first-order valence-corrected chi connectivity index (χ1v) is 17.0. The molecule has 0 aliphatic heterocycles. The van der Waals surface area contributed by atoms with Crippen molar-refractivity contribution < 1.29 is 4.74 Å². The van der Waals surface area contributed by atoms with Gasteiger partial charge in [-0.05, 0) is 101 Å². The predicted octanol–water partition coefficient (Wildman–Crippen LogP) is 11.8. The molecule has 0 aliphatic carbocycles. The zero-order chi connectivity index (χ0) is 27.0. The molecule has 0 fully saturated rings. The second kappa shape index (κ2) is 20.8. The van der Waals surface area contributed by atoms with Crippen molar-refractivity contribution in [1.29, 1.82) is 0 Å². The summed E-state index contributed by atoms with van der Waals surface area (Å²) in [5, 5.41) is 0. The molecule has 0 amide bonds. The van der Waals surface area contributed by atoms with E-state index in [0.717, 1.165) is 35.5 Å². The van der Waals surface area contributed by atoms with Gasteiger partial charge in [0.05, 0.1) is 12.2 Å². The fraction of sp³-hybridized carbons (Fsp3) is 1.00. The first kappa shape index (κ1) is 35.9. The standard InChI is InChI=1S/C32H64Br2O/c1-23(17-25(3)19-27(5)21-29(7)33)13-11-15-31(9)35-32(10)16-12-14-24(2)18-26(4)20-28(6)22-30(8)34/h23-32H,11-22H2,1-10H3. The van der Waals surface area contributed by atoms with Gasteiger partial charge in [-0.25, -0.2) is 0 Å². The zero-order valence-corrected chi connectivity index (χ0v) is 28.6. The van der Waals surface area contributed by atoms with Crippen molar-refractivity contribution in [2.45, 2.75) is 168 Å². The molecule has 10 unspecified atom stereocenters. The Balaban J connectivity index is 3.93. The van der Waals surface area contributed by atoms with Crippen molar-refractivity contribution in [2.75, 3.05) is 0 Å². The van der Waals surface area contributed by atoms with E-state index < -0.39 is 0 Å². The van der Waals surface area contributed by atoms with Gasteiger partial charge in [0.25, 0.3) is 0 Å².